The van der Waals surface area contributed by atoms with E-state index in [0.717, 1.165) is 51.6 Å². The number of hydrogen-bond donors (Lipinski definition) is 2. The van der Waals surface area contributed by atoms with Crippen molar-refractivity contribution in [3.05, 3.63) is 0 Å². The standard InChI is InChI=1S/C14H28N2O2/c1-3-5-7-11-15-13(17)9-10-14(18)16-12-8-6-4-2/h3-12H2,1-2H3,(H,15,17)(H,16,18). The first-order valence-electron chi connectivity index (χ1n) is 7.24. The van der Waals surface area contributed by atoms with E-state index in [2.05, 4.69) is 24.5 Å². The van der Waals surface area contributed by atoms with E-state index in [4.69, 9.17) is 0 Å². The molecule has 106 valence electrons. The van der Waals surface area contributed by atoms with Gasteiger partial charge in [0.15, 0.2) is 0 Å². The number of rotatable bonds is 11. The van der Waals surface area contributed by atoms with Crippen LogP contribution in [0.5, 0.6) is 0 Å². The van der Waals surface area contributed by atoms with Crippen molar-refractivity contribution in [2.45, 2.75) is 65.2 Å². The molecule has 0 aliphatic carbocycles. The van der Waals surface area contributed by atoms with Crippen LogP contribution in [-0.4, -0.2) is 24.9 Å². The fourth-order valence-electron chi connectivity index (χ4n) is 1.61. The van der Waals surface area contributed by atoms with Crippen LogP contribution in [-0.2, 0) is 9.59 Å². The average Bonchev–Trinajstić information content (AvgIpc) is 2.37. The third-order valence-corrected chi connectivity index (χ3v) is 2.78. The average molecular weight is 256 g/mol. The normalized spacial score (nSPS) is 10.1. The Kier molecular flexibility index (Phi) is 11.7. The molecule has 0 radical (unpaired) electrons. The first-order valence-corrected chi connectivity index (χ1v) is 7.24. The minimum atomic E-state index is -0.0187. The first-order chi connectivity index (χ1) is 8.70. The van der Waals surface area contributed by atoms with Gasteiger partial charge in [-0.15, -0.1) is 0 Å². The highest BCUT2D eigenvalue weighted by molar-refractivity contribution is 5.83. The van der Waals surface area contributed by atoms with E-state index in [-0.39, 0.29) is 11.8 Å². The van der Waals surface area contributed by atoms with Crippen molar-refractivity contribution < 1.29 is 9.59 Å². The van der Waals surface area contributed by atoms with Gasteiger partial charge in [0.1, 0.15) is 0 Å². The lowest BCUT2D eigenvalue weighted by atomic mass is 10.2. The minimum Gasteiger partial charge on any atom is -0.356 e. The van der Waals surface area contributed by atoms with E-state index >= 15 is 0 Å². The zero-order valence-electron chi connectivity index (χ0n) is 11.9. The van der Waals surface area contributed by atoms with Gasteiger partial charge in [0.25, 0.3) is 0 Å². The van der Waals surface area contributed by atoms with Crippen LogP contribution in [0.25, 0.3) is 0 Å². The van der Waals surface area contributed by atoms with E-state index in [0.29, 0.717) is 12.8 Å². The van der Waals surface area contributed by atoms with E-state index < -0.39 is 0 Å². The summed E-state index contributed by atoms with van der Waals surface area (Å²) < 4.78 is 0. The molecule has 4 nitrogen and oxygen atoms in total. The molecule has 0 unspecified atom stereocenters. The summed E-state index contributed by atoms with van der Waals surface area (Å²) >= 11 is 0. The molecule has 0 aliphatic heterocycles. The molecule has 0 bridgehead atoms. The summed E-state index contributed by atoms with van der Waals surface area (Å²) in [5, 5.41) is 5.66. The molecule has 0 aromatic heterocycles. The van der Waals surface area contributed by atoms with Gasteiger partial charge in [0.05, 0.1) is 0 Å². The molecule has 0 spiro atoms. The summed E-state index contributed by atoms with van der Waals surface area (Å²) in [6.45, 7) is 5.71. The molecule has 0 heterocycles. The van der Waals surface area contributed by atoms with Gasteiger partial charge in [-0.2, -0.15) is 0 Å². The number of carbonyl (C=O) groups is 2. The van der Waals surface area contributed by atoms with Crippen LogP contribution in [0.2, 0.25) is 0 Å². The Morgan fingerprint density at radius 2 is 1.11 bits per heavy atom. The quantitative estimate of drug-likeness (QED) is 0.558. The van der Waals surface area contributed by atoms with Crippen molar-refractivity contribution in [1.82, 2.24) is 10.6 Å². The molecule has 0 aromatic rings. The lowest BCUT2D eigenvalue weighted by molar-refractivity contribution is -0.126. The van der Waals surface area contributed by atoms with Crippen molar-refractivity contribution in [3.63, 3.8) is 0 Å². The first kappa shape index (κ1) is 16.9. The van der Waals surface area contributed by atoms with Gasteiger partial charge in [-0.1, -0.05) is 39.5 Å². The molecular weight excluding hydrogens is 228 g/mol. The van der Waals surface area contributed by atoms with Gasteiger partial charge in [-0.05, 0) is 12.8 Å². The maximum Gasteiger partial charge on any atom is 0.220 e. The zero-order chi connectivity index (χ0) is 13.6. The van der Waals surface area contributed by atoms with Gasteiger partial charge in [-0.3, -0.25) is 9.59 Å². The van der Waals surface area contributed by atoms with Crippen molar-refractivity contribution in [2.75, 3.05) is 13.1 Å². The molecule has 4 heteroatoms. The largest absolute Gasteiger partial charge is 0.356 e. The molecule has 0 aromatic carbocycles. The van der Waals surface area contributed by atoms with Gasteiger partial charge < -0.3 is 10.6 Å². The fourth-order valence-corrected chi connectivity index (χ4v) is 1.61. The van der Waals surface area contributed by atoms with Crippen LogP contribution in [0.3, 0.4) is 0 Å². The summed E-state index contributed by atoms with van der Waals surface area (Å²) in [5.41, 5.74) is 0. The summed E-state index contributed by atoms with van der Waals surface area (Å²) in [6, 6.07) is 0. The zero-order valence-corrected chi connectivity index (χ0v) is 11.9. The third kappa shape index (κ3) is 11.4. The van der Waals surface area contributed by atoms with Crippen molar-refractivity contribution in [2.24, 2.45) is 0 Å². The van der Waals surface area contributed by atoms with E-state index in [1.54, 1.807) is 0 Å². The van der Waals surface area contributed by atoms with Gasteiger partial charge in [0, 0.05) is 25.9 Å². The lowest BCUT2D eigenvalue weighted by Gasteiger charge is -2.06. The molecule has 2 amide bonds. The minimum absolute atomic E-state index is 0.0187. The second-order valence-electron chi connectivity index (χ2n) is 4.61. The summed E-state index contributed by atoms with van der Waals surface area (Å²) in [5.74, 6) is -0.0374. The van der Waals surface area contributed by atoms with Crippen molar-refractivity contribution in [3.8, 4) is 0 Å². The third-order valence-electron chi connectivity index (χ3n) is 2.78. The summed E-state index contributed by atoms with van der Waals surface area (Å²) in [6.07, 6.45) is 7.21. The highest BCUT2D eigenvalue weighted by atomic mass is 16.2. The molecular formula is C14H28N2O2. The van der Waals surface area contributed by atoms with Crippen LogP contribution < -0.4 is 10.6 Å². The van der Waals surface area contributed by atoms with Gasteiger partial charge >= 0.3 is 0 Å². The predicted octanol–water partition coefficient (Wildman–Crippen LogP) is 2.38. The molecule has 0 saturated carbocycles. The van der Waals surface area contributed by atoms with E-state index in [1.165, 1.54) is 0 Å². The van der Waals surface area contributed by atoms with Crippen molar-refractivity contribution in [1.29, 1.82) is 0 Å². The van der Waals surface area contributed by atoms with Crippen LogP contribution in [0.1, 0.15) is 65.2 Å². The van der Waals surface area contributed by atoms with Crippen LogP contribution in [0.15, 0.2) is 0 Å². The van der Waals surface area contributed by atoms with E-state index in [9.17, 15) is 9.59 Å². The van der Waals surface area contributed by atoms with Crippen LogP contribution in [0, 0.1) is 0 Å². The second kappa shape index (κ2) is 12.4. The van der Waals surface area contributed by atoms with Gasteiger partial charge in [0.2, 0.25) is 11.8 Å². The molecule has 0 fully saturated rings. The Bertz CT molecular complexity index is 206. The molecule has 0 aliphatic rings. The molecule has 0 rings (SSSR count). The number of carbonyl (C=O) groups excluding carboxylic acids is 2. The Morgan fingerprint density at radius 1 is 0.722 bits per heavy atom. The molecule has 0 saturated heterocycles. The monoisotopic (exact) mass is 256 g/mol. The number of amides is 2. The number of hydrogen-bond acceptors (Lipinski definition) is 2. The Balaban J connectivity index is 3.39. The molecule has 2 N–H and O–H groups in total. The molecule has 0 atom stereocenters. The van der Waals surface area contributed by atoms with Crippen molar-refractivity contribution >= 4 is 11.8 Å². The van der Waals surface area contributed by atoms with Crippen LogP contribution in [0.4, 0.5) is 0 Å². The predicted molar refractivity (Wildman–Crippen MR) is 74.3 cm³/mol. The van der Waals surface area contributed by atoms with E-state index in [1.807, 2.05) is 0 Å². The highest BCUT2D eigenvalue weighted by Gasteiger charge is 2.05. The number of unbranched alkanes of at least 4 members (excludes halogenated alkanes) is 4. The lowest BCUT2D eigenvalue weighted by Crippen LogP contribution is -2.28. The number of nitrogens with one attached hydrogen (secondary N) is 2. The topological polar surface area (TPSA) is 58.2 Å². The maximum absolute atomic E-state index is 11.4. The SMILES string of the molecule is CCCCCNC(=O)CCC(=O)NCCCCC. The van der Waals surface area contributed by atoms with Gasteiger partial charge in [-0.25, -0.2) is 0 Å². The Morgan fingerprint density at radius 3 is 1.44 bits per heavy atom. The summed E-state index contributed by atoms with van der Waals surface area (Å²) in [4.78, 5) is 22.8. The second-order valence-corrected chi connectivity index (χ2v) is 4.61. The Labute approximate surface area is 111 Å². The fraction of sp³-hybridized carbons (Fsp3) is 0.857. The highest BCUT2D eigenvalue weighted by Crippen LogP contribution is 1.95. The smallest absolute Gasteiger partial charge is 0.220 e. The summed E-state index contributed by atoms with van der Waals surface area (Å²) in [7, 11) is 0. The Hall–Kier alpha value is -1.06. The maximum atomic E-state index is 11.4. The molecule has 18 heavy (non-hydrogen) atoms. The van der Waals surface area contributed by atoms with Crippen LogP contribution >= 0.6 is 0 Å².